The van der Waals surface area contributed by atoms with Crippen molar-refractivity contribution < 1.29 is 19.1 Å². The molecule has 0 saturated heterocycles. The lowest BCUT2D eigenvalue weighted by Gasteiger charge is -2.46. The number of carbonyl (C=O) groups excluding carboxylic acids is 3. The van der Waals surface area contributed by atoms with E-state index in [2.05, 4.69) is 16.3 Å². The van der Waals surface area contributed by atoms with E-state index in [1.54, 1.807) is 23.0 Å². The van der Waals surface area contributed by atoms with Crippen molar-refractivity contribution >= 4 is 34.4 Å². The van der Waals surface area contributed by atoms with Gasteiger partial charge < -0.3 is 10.1 Å². The van der Waals surface area contributed by atoms with Crippen LogP contribution in [-0.2, 0) is 32.7 Å². The van der Waals surface area contributed by atoms with Crippen molar-refractivity contribution in [1.82, 2.24) is 15.1 Å². The van der Waals surface area contributed by atoms with Crippen molar-refractivity contribution in [3.8, 4) is 12.3 Å². The highest BCUT2D eigenvalue weighted by Crippen LogP contribution is 2.41. The van der Waals surface area contributed by atoms with Gasteiger partial charge in [0, 0.05) is 24.7 Å². The van der Waals surface area contributed by atoms with Crippen LogP contribution in [0.3, 0.4) is 0 Å². The molecule has 0 spiro atoms. The van der Waals surface area contributed by atoms with Gasteiger partial charge in [-0.2, -0.15) is 5.10 Å². The highest BCUT2D eigenvalue weighted by Gasteiger charge is 2.51. The molecule has 4 rings (SSSR count). The molecule has 8 heteroatoms. The SMILES string of the molecule is C#CC(=O)N(c1ccc2c(cnn2C)c1)C1(C(=O)NCc2ccccc2)CCCC(C(=O)OC)C1. The Bertz CT molecular complexity index is 1290. The monoisotopic (exact) mass is 472 g/mol. The average molecular weight is 473 g/mol. The number of rotatable bonds is 6. The molecule has 2 amide bonds. The number of hydrogen-bond donors (Lipinski definition) is 1. The standard InChI is InChI=1S/C27H28N4O4/c1-4-24(32)31(22-12-13-23-21(15-22)18-29-30(23)2)27(14-8-11-20(16-27)25(33)35-3)26(34)28-17-19-9-6-5-7-10-19/h1,5-7,9-10,12-13,15,18,20H,8,11,14,16-17H2,2-3H3,(H,28,34). The smallest absolute Gasteiger partial charge is 0.308 e. The number of benzene rings is 2. The Morgan fingerprint density at radius 3 is 2.74 bits per heavy atom. The fraction of sp³-hybridized carbons (Fsp3) is 0.333. The Morgan fingerprint density at radius 1 is 1.26 bits per heavy atom. The molecule has 1 aliphatic carbocycles. The first-order valence-electron chi connectivity index (χ1n) is 11.5. The number of nitrogens with one attached hydrogen (secondary N) is 1. The van der Waals surface area contributed by atoms with Crippen LogP contribution in [0.2, 0.25) is 0 Å². The van der Waals surface area contributed by atoms with E-state index in [1.807, 2.05) is 43.4 Å². The molecule has 1 N–H and O–H groups in total. The second-order valence-electron chi connectivity index (χ2n) is 8.81. The first kappa shape index (κ1) is 24.0. The zero-order valence-corrected chi connectivity index (χ0v) is 19.9. The summed E-state index contributed by atoms with van der Waals surface area (Å²) in [4.78, 5) is 41.1. The molecule has 2 aromatic carbocycles. The molecule has 1 saturated carbocycles. The van der Waals surface area contributed by atoms with Crippen LogP contribution >= 0.6 is 0 Å². The van der Waals surface area contributed by atoms with E-state index in [0.717, 1.165) is 16.5 Å². The summed E-state index contributed by atoms with van der Waals surface area (Å²) in [6.07, 6.45) is 8.89. The largest absolute Gasteiger partial charge is 0.469 e. The summed E-state index contributed by atoms with van der Waals surface area (Å²) in [5.74, 6) is 0.256. The number of aromatic nitrogens is 2. The van der Waals surface area contributed by atoms with Gasteiger partial charge in [0.25, 0.3) is 0 Å². The van der Waals surface area contributed by atoms with Crippen molar-refractivity contribution in [2.45, 2.75) is 37.8 Å². The Kier molecular flexibility index (Phi) is 6.87. The third kappa shape index (κ3) is 4.62. The fourth-order valence-corrected chi connectivity index (χ4v) is 4.99. The minimum absolute atomic E-state index is 0.110. The van der Waals surface area contributed by atoms with Gasteiger partial charge in [0.1, 0.15) is 5.54 Å². The van der Waals surface area contributed by atoms with E-state index >= 15 is 0 Å². The molecular formula is C27H28N4O4. The molecule has 1 aromatic heterocycles. The summed E-state index contributed by atoms with van der Waals surface area (Å²) in [5.41, 5.74) is 0.919. The van der Waals surface area contributed by atoms with Gasteiger partial charge in [-0.15, -0.1) is 6.42 Å². The lowest BCUT2D eigenvalue weighted by molar-refractivity contribution is -0.148. The molecule has 0 radical (unpaired) electrons. The van der Waals surface area contributed by atoms with Gasteiger partial charge in [0.05, 0.1) is 24.7 Å². The molecule has 2 atom stereocenters. The highest BCUT2D eigenvalue weighted by molar-refractivity contribution is 6.12. The average Bonchev–Trinajstić information content (AvgIpc) is 3.27. The van der Waals surface area contributed by atoms with Crippen LogP contribution in [0.25, 0.3) is 10.9 Å². The minimum atomic E-state index is -1.36. The number of nitrogens with zero attached hydrogens (tertiary/aromatic N) is 3. The molecular weight excluding hydrogens is 444 g/mol. The highest BCUT2D eigenvalue weighted by atomic mass is 16.5. The molecule has 1 heterocycles. The second-order valence-corrected chi connectivity index (χ2v) is 8.81. The number of ether oxygens (including phenoxy) is 1. The topological polar surface area (TPSA) is 93.5 Å². The number of carbonyl (C=O) groups is 3. The van der Waals surface area contributed by atoms with Gasteiger partial charge in [-0.25, -0.2) is 0 Å². The minimum Gasteiger partial charge on any atom is -0.469 e. The third-order valence-electron chi connectivity index (χ3n) is 6.72. The summed E-state index contributed by atoms with van der Waals surface area (Å²) in [6, 6.07) is 14.9. The van der Waals surface area contributed by atoms with E-state index in [9.17, 15) is 14.4 Å². The summed E-state index contributed by atoms with van der Waals surface area (Å²) in [5, 5.41) is 8.06. The Hall–Kier alpha value is -4.12. The number of terminal acetylenes is 1. The van der Waals surface area contributed by atoms with E-state index in [4.69, 9.17) is 11.2 Å². The third-order valence-corrected chi connectivity index (χ3v) is 6.72. The zero-order valence-electron chi connectivity index (χ0n) is 19.9. The Labute approximate surface area is 204 Å². The quantitative estimate of drug-likeness (QED) is 0.440. The molecule has 0 aliphatic heterocycles. The van der Waals surface area contributed by atoms with Crippen LogP contribution in [-0.4, -0.2) is 40.2 Å². The Balaban J connectivity index is 1.79. The molecule has 1 fully saturated rings. The molecule has 1 aliphatic rings. The van der Waals surface area contributed by atoms with E-state index in [-0.39, 0.29) is 18.9 Å². The Morgan fingerprint density at radius 2 is 2.03 bits per heavy atom. The van der Waals surface area contributed by atoms with Crippen LogP contribution in [0.1, 0.15) is 31.2 Å². The number of hydrogen-bond acceptors (Lipinski definition) is 5. The van der Waals surface area contributed by atoms with Crippen LogP contribution in [0.5, 0.6) is 0 Å². The normalized spacial score (nSPS) is 19.5. The lowest BCUT2D eigenvalue weighted by Crippen LogP contribution is -2.63. The molecule has 180 valence electrons. The second kappa shape index (κ2) is 10.0. The first-order valence-corrected chi connectivity index (χ1v) is 11.5. The maximum Gasteiger partial charge on any atom is 0.308 e. The van der Waals surface area contributed by atoms with Gasteiger partial charge in [0.2, 0.25) is 5.91 Å². The van der Waals surface area contributed by atoms with Gasteiger partial charge in [-0.3, -0.25) is 24.0 Å². The number of anilines is 1. The lowest BCUT2D eigenvalue weighted by atomic mass is 9.73. The van der Waals surface area contributed by atoms with E-state index < -0.39 is 23.3 Å². The molecule has 2 unspecified atom stereocenters. The predicted molar refractivity (Wildman–Crippen MR) is 132 cm³/mol. The fourth-order valence-electron chi connectivity index (χ4n) is 4.99. The number of methoxy groups -OCH3 is 1. The molecule has 3 aromatic rings. The molecule has 8 nitrogen and oxygen atoms in total. The van der Waals surface area contributed by atoms with Gasteiger partial charge in [0.15, 0.2) is 0 Å². The zero-order chi connectivity index (χ0) is 25.0. The van der Waals surface area contributed by atoms with Gasteiger partial charge >= 0.3 is 11.9 Å². The summed E-state index contributed by atoms with van der Waals surface area (Å²) < 4.78 is 6.72. The van der Waals surface area contributed by atoms with Crippen molar-refractivity contribution in [2.24, 2.45) is 13.0 Å². The molecule has 35 heavy (non-hydrogen) atoms. The molecule has 0 bridgehead atoms. The van der Waals surface area contributed by atoms with Crippen LogP contribution in [0.15, 0.2) is 54.7 Å². The summed E-state index contributed by atoms with van der Waals surface area (Å²) >= 11 is 0. The first-order chi connectivity index (χ1) is 16.9. The van der Waals surface area contributed by atoms with Crippen molar-refractivity contribution in [1.29, 1.82) is 0 Å². The van der Waals surface area contributed by atoms with E-state index in [0.29, 0.717) is 24.9 Å². The van der Waals surface area contributed by atoms with Crippen molar-refractivity contribution in [2.75, 3.05) is 12.0 Å². The van der Waals surface area contributed by atoms with Gasteiger partial charge in [-0.05, 0) is 55.4 Å². The van der Waals surface area contributed by atoms with Crippen molar-refractivity contribution in [3.63, 3.8) is 0 Å². The van der Waals surface area contributed by atoms with Crippen LogP contribution < -0.4 is 10.2 Å². The van der Waals surface area contributed by atoms with Crippen molar-refractivity contribution in [3.05, 3.63) is 60.3 Å². The maximum atomic E-state index is 13.9. The van der Waals surface area contributed by atoms with Gasteiger partial charge in [-0.1, -0.05) is 30.3 Å². The number of esters is 1. The van der Waals surface area contributed by atoms with Crippen LogP contribution in [0, 0.1) is 18.3 Å². The maximum absolute atomic E-state index is 13.9. The number of amides is 2. The summed E-state index contributed by atoms with van der Waals surface area (Å²) in [6.45, 7) is 0.282. The predicted octanol–water partition coefficient (Wildman–Crippen LogP) is 2.96. The van der Waals surface area contributed by atoms with Crippen LogP contribution in [0.4, 0.5) is 5.69 Å². The number of fused-ring (bicyclic) bond motifs is 1. The summed E-state index contributed by atoms with van der Waals surface area (Å²) in [7, 11) is 3.15. The number of aryl methyl sites for hydroxylation is 1. The van der Waals surface area contributed by atoms with E-state index in [1.165, 1.54) is 12.0 Å².